The molecule has 4 rings (SSSR count). The molecular weight excluding hydrogens is 286 g/mol. The van der Waals surface area contributed by atoms with E-state index in [9.17, 15) is 0 Å². The second-order valence-corrected chi connectivity index (χ2v) is 6.05. The van der Waals surface area contributed by atoms with Gasteiger partial charge in [-0.05, 0) is 36.6 Å². The van der Waals surface area contributed by atoms with Gasteiger partial charge in [-0.3, -0.25) is 0 Å². The van der Waals surface area contributed by atoms with Crippen LogP contribution in [0.25, 0.3) is 5.69 Å². The van der Waals surface area contributed by atoms with Crippen molar-refractivity contribution in [1.29, 1.82) is 0 Å². The molecule has 1 aliphatic heterocycles. The molecule has 23 heavy (non-hydrogen) atoms. The lowest BCUT2D eigenvalue weighted by Crippen LogP contribution is -2.02. The first-order chi connectivity index (χ1) is 11.2. The highest BCUT2D eigenvalue weighted by atomic mass is 16.5. The Hall–Kier alpha value is -2.62. The number of aromatic nitrogens is 3. The van der Waals surface area contributed by atoms with Gasteiger partial charge in [-0.2, -0.15) is 5.10 Å². The number of fused-ring (bicyclic) bond motifs is 3. The highest BCUT2D eigenvalue weighted by Crippen LogP contribution is 2.31. The molecule has 0 spiro atoms. The zero-order valence-corrected chi connectivity index (χ0v) is 13.4. The second kappa shape index (κ2) is 5.54. The van der Waals surface area contributed by atoms with Gasteiger partial charge in [0.1, 0.15) is 17.3 Å². The Morgan fingerprint density at radius 3 is 2.78 bits per heavy atom. The van der Waals surface area contributed by atoms with Crippen molar-refractivity contribution in [2.24, 2.45) is 0 Å². The largest absolute Gasteiger partial charge is 0.491 e. The summed E-state index contributed by atoms with van der Waals surface area (Å²) in [5, 5.41) is 4.76. The van der Waals surface area contributed by atoms with Crippen LogP contribution in [0.2, 0.25) is 0 Å². The molecule has 0 saturated carbocycles. The van der Waals surface area contributed by atoms with E-state index < -0.39 is 0 Å². The lowest BCUT2D eigenvalue weighted by atomic mass is 10.1. The fourth-order valence-corrected chi connectivity index (χ4v) is 3.12. The van der Waals surface area contributed by atoms with Crippen molar-refractivity contribution in [2.75, 3.05) is 6.61 Å². The molecule has 0 fully saturated rings. The van der Waals surface area contributed by atoms with Crippen LogP contribution in [-0.2, 0) is 12.8 Å². The van der Waals surface area contributed by atoms with Crippen LogP contribution in [0.15, 0.2) is 42.5 Å². The van der Waals surface area contributed by atoms with Gasteiger partial charge in [0.15, 0.2) is 5.82 Å². The molecule has 0 aliphatic carbocycles. The molecule has 0 unspecified atom stereocenters. The molecule has 4 nitrogen and oxygen atoms in total. The predicted molar refractivity (Wildman–Crippen MR) is 89.3 cm³/mol. The molecule has 0 atom stereocenters. The SMILES string of the molecule is Cc1cc(C)c2c(c1)-n1nc(Cc3ccccc3)nc1CCO2. The Morgan fingerprint density at radius 2 is 1.96 bits per heavy atom. The van der Waals surface area contributed by atoms with Crippen LogP contribution in [0.4, 0.5) is 0 Å². The molecule has 3 aromatic rings. The Labute approximate surface area is 135 Å². The maximum atomic E-state index is 5.93. The molecule has 116 valence electrons. The van der Waals surface area contributed by atoms with Gasteiger partial charge in [0.05, 0.1) is 6.61 Å². The topological polar surface area (TPSA) is 39.9 Å². The van der Waals surface area contributed by atoms with Crippen molar-refractivity contribution >= 4 is 0 Å². The van der Waals surface area contributed by atoms with Gasteiger partial charge in [-0.25, -0.2) is 9.67 Å². The number of ether oxygens (including phenoxy) is 1. The fraction of sp³-hybridized carbons (Fsp3) is 0.263. The van der Waals surface area contributed by atoms with Crippen LogP contribution >= 0.6 is 0 Å². The molecule has 0 bridgehead atoms. The Bertz CT molecular complexity index is 853. The van der Waals surface area contributed by atoms with E-state index in [-0.39, 0.29) is 0 Å². The summed E-state index contributed by atoms with van der Waals surface area (Å²) in [7, 11) is 0. The third-order valence-electron chi connectivity index (χ3n) is 4.12. The lowest BCUT2D eigenvalue weighted by molar-refractivity contribution is 0.323. The molecule has 0 amide bonds. The van der Waals surface area contributed by atoms with Crippen molar-refractivity contribution in [3.8, 4) is 11.4 Å². The minimum atomic E-state index is 0.639. The minimum absolute atomic E-state index is 0.639. The van der Waals surface area contributed by atoms with E-state index in [1.807, 2.05) is 22.9 Å². The van der Waals surface area contributed by atoms with E-state index in [4.69, 9.17) is 14.8 Å². The minimum Gasteiger partial charge on any atom is -0.491 e. The average Bonchev–Trinajstić information content (AvgIpc) is 2.85. The van der Waals surface area contributed by atoms with Crippen molar-refractivity contribution in [2.45, 2.75) is 26.7 Å². The molecule has 2 heterocycles. The van der Waals surface area contributed by atoms with E-state index in [0.29, 0.717) is 6.61 Å². The van der Waals surface area contributed by atoms with E-state index in [1.54, 1.807) is 0 Å². The Kier molecular flexibility index (Phi) is 3.37. The van der Waals surface area contributed by atoms with Crippen molar-refractivity contribution < 1.29 is 4.74 Å². The molecule has 0 N–H and O–H groups in total. The van der Waals surface area contributed by atoms with Crippen LogP contribution in [0.3, 0.4) is 0 Å². The predicted octanol–water partition coefficient (Wildman–Crippen LogP) is 3.41. The van der Waals surface area contributed by atoms with Crippen LogP contribution < -0.4 is 4.74 Å². The molecular formula is C19H19N3O. The van der Waals surface area contributed by atoms with Crippen LogP contribution in [0, 0.1) is 13.8 Å². The number of benzene rings is 2. The first kappa shape index (κ1) is 14.0. The number of hydrogen-bond donors (Lipinski definition) is 0. The fourth-order valence-electron chi connectivity index (χ4n) is 3.12. The summed E-state index contributed by atoms with van der Waals surface area (Å²) in [4.78, 5) is 4.74. The van der Waals surface area contributed by atoms with Gasteiger partial charge in [-0.1, -0.05) is 36.4 Å². The van der Waals surface area contributed by atoms with Gasteiger partial charge in [0.25, 0.3) is 0 Å². The van der Waals surface area contributed by atoms with Crippen molar-refractivity contribution in [3.05, 3.63) is 70.8 Å². The summed E-state index contributed by atoms with van der Waals surface area (Å²) in [5.41, 5.74) is 4.58. The van der Waals surface area contributed by atoms with E-state index in [0.717, 1.165) is 41.5 Å². The molecule has 4 heteroatoms. The van der Waals surface area contributed by atoms with Gasteiger partial charge in [0.2, 0.25) is 0 Å². The van der Waals surface area contributed by atoms with E-state index in [1.165, 1.54) is 11.1 Å². The normalized spacial score (nSPS) is 13.0. The van der Waals surface area contributed by atoms with Crippen molar-refractivity contribution in [1.82, 2.24) is 14.8 Å². The smallest absolute Gasteiger partial charge is 0.155 e. The average molecular weight is 305 g/mol. The number of rotatable bonds is 2. The second-order valence-electron chi connectivity index (χ2n) is 6.05. The third-order valence-corrected chi connectivity index (χ3v) is 4.12. The standard InChI is InChI=1S/C19H19N3O/c1-13-10-14(2)19-16(11-13)22-18(8-9-23-19)20-17(21-22)12-15-6-4-3-5-7-15/h3-7,10-11H,8-9,12H2,1-2H3. The first-order valence-electron chi connectivity index (χ1n) is 7.94. The van der Waals surface area contributed by atoms with Gasteiger partial charge in [0, 0.05) is 12.8 Å². The molecule has 1 aromatic heterocycles. The third kappa shape index (κ3) is 2.61. The molecule has 2 aromatic carbocycles. The van der Waals surface area contributed by atoms with Crippen LogP contribution in [0.1, 0.15) is 28.3 Å². The van der Waals surface area contributed by atoms with Crippen LogP contribution in [0.5, 0.6) is 5.75 Å². The summed E-state index contributed by atoms with van der Waals surface area (Å²) in [6.07, 6.45) is 1.52. The Morgan fingerprint density at radius 1 is 1.13 bits per heavy atom. The maximum absolute atomic E-state index is 5.93. The molecule has 0 saturated heterocycles. The summed E-state index contributed by atoms with van der Waals surface area (Å²) in [6, 6.07) is 14.6. The maximum Gasteiger partial charge on any atom is 0.155 e. The van der Waals surface area contributed by atoms with Crippen molar-refractivity contribution in [3.63, 3.8) is 0 Å². The number of aryl methyl sites for hydroxylation is 2. The number of nitrogens with zero attached hydrogens (tertiary/aromatic N) is 3. The highest BCUT2D eigenvalue weighted by Gasteiger charge is 2.20. The number of hydrogen-bond acceptors (Lipinski definition) is 3. The first-order valence-corrected chi connectivity index (χ1v) is 7.94. The summed E-state index contributed by atoms with van der Waals surface area (Å²) >= 11 is 0. The molecule has 1 aliphatic rings. The van der Waals surface area contributed by atoms with Gasteiger partial charge < -0.3 is 4.74 Å². The van der Waals surface area contributed by atoms with E-state index in [2.05, 4.69) is 38.1 Å². The Balaban J connectivity index is 1.78. The molecule has 0 radical (unpaired) electrons. The summed E-state index contributed by atoms with van der Waals surface area (Å²) in [5.74, 6) is 2.75. The summed E-state index contributed by atoms with van der Waals surface area (Å²) in [6.45, 7) is 4.82. The zero-order chi connectivity index (χ0) is 15.8. The quantitative estimate of drug-likeness (QED) is 0.728. The zero-order valence-electron chi connectivity index (χ0n) is 13.4. The van der Waals surface area contributed by atoms with Gasteiger partial charge >= 0.3 is 0 Å². The lowest BCUT2D eigenvalue weighted by Gasteiger charge is -2.12. The monoisotopic (exact) mass is 305 g/mol. The van der Waals surface area contributed by atoms with Gasteiger partial charge in [-0.15, -0.1) is 0 Å². The highest BCUT2D eigenvalue weighted by molar-refractivity contribution is 5.54. The van der Waals surface area contributed by atoms with Crippen LogP contribution in [-0.4, -0.2) is 21.4 Å². The summed E-state index contributed by atoms with van der Waals surface area (Å²) < 4.78 is 7.89. The van der Waals surface area contributed by atoms with E-state index >= 15 is 0 Å².